The lowest BCUT2D eigenvalue weighted by Gasteiger charge is -2.26. The molecule has 0 unspecified atom stereocenters. The van der Waals surface area contributed by atoms with Gasteiger partial charge >= 0.3 is 0 Å². The minimum atomic E-state index is 0.727. The Labute approximate surface area is 168 Å². The van der Waals surface area contributed by atoms with E-state index in [1.165, 1.54) is 62.8 Å². The largest absolute Gasteiger partial charge is 0.292 e. The van der Waals surface area contributed by atoms with E-state index in [4.69, 9.17) is 4.98 Å². The molecule has 0 atom stereocenters. The van der Waals surface area contributed by atoms with Crippen LogP contribution in [0, 0.1) is 0 Å². The van der Waals surface area contributed by atoms with E-state index in [2.05, 4.69) is 83.3 Å². The molecule has 0 radical (unpaired) electrons. The number of para-hydroxylation sites is 2. The number of imidazole rings is 1. The summed E-state index contributed by atoms with van der Waals surface area (Å²) in [7, 11) is 0. The van der Waals surface area contributed by atoms with Crippen LogP contribution in [0.4, 0.5) is 0 Å². The summed E-state index contributed by atoms with van der Waals surface area (Å²) in [5.74, 6) is 0.727. The highest BCUT2D eigenvalue weighted by molar-refractivity contribution is 6.16. The molecule has 4 aromatic carbocycles. The third-order valence-corrected chi connectivity index (χ3v) is 6.82. The van der Waals surface area contributed by atoms with Crippen molar-refractivity contribution in [1.29, 1.82) is 0 Å². The Kier molecular flexibility index (Phi) is 2.98. The number of pyridine rings is 1. The summed E-state index contributed by atoms with van der Waals surface area (Å²) in [5, 5.41) is 6.45. The van der Waals surface area contributed by atoms with Crippen molar-refractivity contribution in [3.8, 4) is 0 Å². The fourth-order valence-corrected chi connectivity index (χ4v) is 5.05. The molecule has 2 nitrogen and oxygen atoms in total. The van der Waals surface area contributed by atoms with Gasteiger partial charge < -0.3 is 0 Å². The lowest BCUT2D eigenvalue weighted by Crippen LogP contribution is -2.08. The molecule has 0 saturated heterocycles. The zero-order valence-electron chi connectivity index (χ0n) is 16.1. The molecule has 1 fully saturated rings. The zero-order valence-corrected chi connectivity index (χ0v) is 16.1. The van der Waals surface area contributed by atoms with Crippen LogP contribution in [0.15, 0.2) is 78.9 Å². The maximum atomic E-state index is 5.05. The van der Waals surface area contributed by atoms with Gasteiger partial charge in [-0.15, -0.1) is 0 Å². The normalized spacial score (nSPS) is 15.0. The van der Waals surface area contributed by atoms with E-state index in [1.54, 1.807) is 0 Å². The molecule has 1 aliphatic carbocycles. The molecular formula is C27H20N2. The van der Waals surface area contributed by atoms with Crippen LogP contribution in [0.25, 0.3) is 49.1 Å². The van der Waals surface area contributed by atoms with E-state index in [9.17, 15) is 0 Å². The van der Waals surface area contributed by atoms with Gasteiger partial charge in [-0.3, -0.25) is 4.40 Å². The van der Waals surface area contributed by atoms with Crippen molar-refractivity contribution in [1.82, 2.24) is 9.38 Å². The Bertz CT molecular complexity index is 1580. The van der Waals surface area contributed by atoms with Gasteiger partial charge in [-0.1, -0.05) is 61.0 Å². The first kappa shape index (κ1) is 15.5. The van der Waals surface area contributed by atoms with Gasteiger partial charge in [0, 0.05) is 10.8 Å². The second kappa shape index (κ2) is 5.57. The smallest absolute Gasteiger partial charge is 0.146 e. The van der Waals surface area contributed by atoms with Crippen LogP contribution in [0.3, 0.4) is 0 Å². The van der Waals surface area contributed by atoms with Gasteiger partial charge in [-0.05, 0) is 64.7 Å². The fourth-order valence-electron chi connectivity index (χ4n) is 5.05. The summed E-state index contributed by atoms with van der Waals surface area (Å²) in [6.07, 6.45) is 4.00. The summed E-state index contributed by atoms with van der Waals surface area (Å²) >= 11 is 0. The molecule has 7 rings (SSSR count). The van der Waals surface area contributed by atoms with Crippen molar-refractivity contribution < 1.29 is 0 Å². The van der Waals surface area contributed by atoms with Crippen molar-refractivity contribution in [2.24, 2.45) is 0 Å². The van der Waals surface area contributed by atoms with Crippen molar-refractivity contribution in [3.05, 3.63) is 84.4 Å². The standard InChI is InChI=1S/C27H20N2/c1-2-7-19-16-26-23(15-18(19)6-1)22-14-20(17-8-5-9-17)12-13-21(22)27-28-24-10-3-4-11-25(24)29(26)27/h1-4,6-7,10-17H,5,8-9H2. The molecule has 2 heterocycles. The average Bonchev–Trinajstić information content (AvgIpc) is 3.11. The molecule has 0 bridgehead atoms. The minimum absolute atomic E-state index is 0.727. The number of aromatic nitrogens is 2. The lowest BCUT2D eigenvalue weighted by atomic mass is 9.79. The van der Waals surface area contributed by atoms with Gasteiger partial charge in [0.1, 0.15) is 5.65 Å². The summed E-state index contributed by atoms with van der Waals surface area (Å²) in [4.78, 5) is 5.05. The third-order valence-electron chi connectivity index (χ3n) is 6.82. The third kappa shape index (κ3) is 2.09. The fraction of sp³-hybridized carbons (Fsp3) is 0.148. The number of hydrogen-bond donors (Lipinski definition) is 0. The maximum Gasteiger partial charge on any atom is 0.146 e. The Morgan fingerprint density at radius 3 is 2.31 bits per heavy atom. The Morgan fingerprint density at radius 1 is 0.690 bits per heavy atom. The highest BCUT2D eigenvalue weighted by Gasteiger charge is 2.21. The van der Waals surface area contributed by atoms with E-state index < -0.39 is 0 Å². The van der Waals surface area contributed by atoms with Crippen molar-refractivity contribution in [3.63, 3.8) is 0 Å². The predicted molar refractivity (Wildman–Crippen MR) is 122 cm³/mol. The number of rotatable bonds is 1. The zero-order chi connectivity index (χ0) is 18.9. The number of hydrogen-bond acceptors (Lipinski definition) is 1. The van der Waals surface area contributed by atoms with Crippen LogP contribution in [0.5, 0.6) is 0 Å². The first-order chi connectivity index (χ1) is 14.4. The second-order valence-electron chi connectivity index (χ2n) is 8.41. The van der Waals surface area contributed by atoms with Gasteiger partial charge in [-0.25, -0.2) is 4.98 Å². The molecule has 2 aromatic heterocycles. The molecule has 2 heteroatoms. The Hall–Kier alpha value is -3.39. The molecular weight excluding hydrogens is 352 g/mol. The summed E-state index contributed by atoms with van der Waals surface area (Å²) in [5.41, 5.74) is 6.01. The van der Waals surface area contributed by atoms with Crippen molar-refractivity contribution in [2.45, 2.75) is 25.2 Å². The SMILES string of the molecule is c1ccc2cc3c(cc2c1)c1cc(C2CCC2)ccc1c1nc2ccccc2n31. The molecule has 1 saturated carbocycles. The van der Waals surface area contributed by atoms with Crippen LogP contribution < -0.4 is 0 Å². The summed E-state index contributed by atoms with van der Waals surface area (Å²) in [6.45, 7) is 0. The van der Waals surface area contributed by atoms with Crippen LogP contribution in [-0.2, 0) is 0 Å². The number of benzene rings is 4. The first-order valence-corrected chi connectivity index (χ1v) is 10.5. The topological polar surface area (TPSA) is 17.3 Å². The molecule has 0 aliphatic heterocycles. The quantitative estimate of drug-likeness (QED) is 0.220. The van der Waals surface area contributed by atoms with Crippen LogP contribution in [0.1, 0.15) is 30.7 Å². The van der Waals surface area contributed by atoms with E-state index in [-0.39, 0.29) is 0 Å². The molecule has 1 aliphatic rings. The Balaban J connectivity index is 1.75. The van der Waals surface area contributed by atoms with Crippen LogP contribution in [0.2, 0.25) is 0 Å². The predicted octanol–water partition coefficient (Wildman–Crippen LogP) is 7.21. The molecule has 29 heavy (non-hydrogen) atoms. The minimum Gasteiger partial charge on any atom is -0.292 e. The number of nitrogens with zero attached hydrogens (tertiary/aromatic N) is 2. The van der Waals surface area contributed by atoms with E-state index in [0.717, 1.165) is 17.1 Å². The van der Waals surface area contributed by atoms with Crippen molar-refractivity contribution in [2.75, 3.05) is 0 Å². The maximum absolute atomic E-state index is 5.05. The highest BCUT2D eigenvalue weighted by atomic mass is 15.0. The first-order valence-electron chi connectivity index (χ1n) is 10.5. The molecule has 0 spiro atoms. The summed E-state index contributed by atoms with van der Waals surface area (Å²) < 4.78 is 2.35. The molecule has 138 valence electrons. The monoisotopic (exact) mass is 372 g/mol. The highest BCUT2D eigenvalue weighted by Crippen LogP contribution is 2.40. The average molecular weight is 372 g/mol. The molecule has 6 aromatic rings. The van der Waals surface area contributed by atoms with Crippen LogP contribution >= 0.6 is 0 Å². The second-order valence-corrected chi connectivity index (χ2v) is 8.41. The Morgan fingerprint density at radius 2 is 1.48 bits per heavy atom. The molecule has 0 amide bonds. The van der Waals surface area contributed by atoms with Gasteiger partial charge in [0.25, 0.3) is 0 Å². The van der Waals surface area contributed by atoms with Gasteiger partial charge in [0.2, 0.25) is 0 Å². The van der Waals surface area contributed by atoms with E-state index in [0.29, 0.717) is 0 Å². The number of fused-ring (bicyclic) bond motifs is 9. The van der Waals surface area contributed by atoms with Gasteiger partial charge in [0.15, 0.2) is 0 Å². The summed E-state index contributed by atoms with van der Waals surface area (Å²) in [6, 6.07) is 28.9. The van der Waals surface area contributed by atoms with Gasteiger partial charge in [-0.2, -0.15) is 0 Å². The van der Waals surface area contributed by atoms with E-state index >= 15 is 0 Å². The molecule has 0 N–H and O–H groups in total. The van der Waals surface area contributed by atoms with E-state index in [1.807, 2.05) is 0 Å². The lowest BCUT2D eigenvalue weighted by molar-refractivity contribution is 0.420. The van der Waals surface area contributed by atoms with Crippen molar-refractivity contribution >= 4 is 49.1 Å². The van der Waals surface area contributed by atoms with Gasteiger partial charge in [0.05, 0.1) is 16.6 Å². The van der Waals surface area contributed by atoms with Crippen LogP contribution in [-0.4, -0.2) is 9.38 Å².